The van der Waals surface area contributed by atoms with Crippen molar-refractivity contribution >= 4 is 28.2 Å². The maximum atomic E-state index is 13.3. The van der Waals surface area contributed by atoms with Crippen LogP contribution in [0.2, 0.25) is 0 Å². The number of para-hydroxylation sites is 2. The number of nitrogens with one attached hydrogen (secondary N) is 2. The minimum absolute atomic E-state index is 0.158. The number of H-pyrrole nitrogens is 1. The number of anilines is 2. The molecule has 0 atom stereocenters. The number of hydrogen-bond acceptors (Lipinski definition) is 7. The van der Waals surface area contributed by atoms with E-state index < -0.39 is 5.69 Å². The molecule has 2 aromatic carbocycles. The predicted octanol–water partition coefficient (Wildman–Crippen LogP) is 2.27. The van der Waals surface area contributed by atoms with Crippen LogP contribution in [0.5, 0.6) is 11.5 Å². The fraction of sp³-hybridized carbons (Fsp3) is 0.423. The summed E-state index contributed by atoms with van der Waals surface area (Å²) in [5, 5.41) is 3.04. The number of benzene rings is 2. The van der Waals surface area contributed by atoms with Gasteiger partial charge in [-0.3, -0.25) is 19.1 Å². The fourth-order valence-electron chi connectivity index (χ4n) is 4.47. The molecule has 0 bridgehead atoms. The summed E-state index contributed by atoms with van der Waals surface area (Å²) in [4.78, 5) is 45.0. The lowest BCUT2D eigenvalue weighted by molar-refractivity contribution is -0.114. The molecule has 192 valence electrons. The first-order chi connectivity index (χ1) is 17.3. The van der Waals surface area contributed by atoms with Crippen LogP contribution in [0.25, 0.3) is 10.9 Å². The first kappa shape index (κ1) is 25.3. The summed E-state index contributed by atoms with van der Waals surface area (Å²) >= 11 is 0. The van der Waals surface area contributed by atoms with Crippen molar-refractivity contribution in [2.45, 2.75) is 33.4 Å². The van der Waals surface area contributed by atoms with Gasteiger partial charge < -0.3 is 24.7 Å². The maximum absolute atomic E-state index is 13.3. The Kier molecular flexibility index (Phi) is 7.64. The van der Waals surface area contributed by atoms with Gasteiger partial charge in [-0.1, -0.05) is 12.1 Å². The van der Waals surface area contributed by atoms with Crippen LogP contribution in [-0.4, -0.2) is 66.3 Å². The molecule has 0 aliphatic carbocycles. The van der Waals surface area contributed by atoms with E-state index in [4.69, 9.17) is 9.47 Å². The molecule has 1 aromatic heterocycles. The number of methoxy groups -OCH3 is 1. The van der Waals surface area contributed by atoms with Gasteiger partial charge in [0, 0.05) is 46.2 Å². The molecule has 10 nitrogen and oxygen atoms in total. The van der Waals surface area contributed by atoms with Gasteiger partial charge in [0.15, 0.2) is 0 Å². The van der Waals surface area contributed by atoms with Gasteiger partial charge in [0.25, 0.3) is 5.56 Å². The van der Waals surface area contributed by atoms with Gasteiger partial charge in [-0.05, 0) is 38.1 Å². The van der Waals surface area contributed by atoms with E-state index in [0.29, 0.717) is 28.9 Å². The van der Waals surface area contributed by atoms with Crippen LogP contribution in [0, 0.1) is 0 Å². The molecule has 10 heteroatoms. The molecular weight excluding hydrogens is 462 g/mol. The summed E-state index contributed by atoms with van der Waals surface area (Å²) < 4.78 is 12.5. The first-order valence-electron chi connectivity index (χ1n) is 12.1. The lowest BCUT2D eigenvalue weighted by Gasteiger charge is -2.36. The molecule has 0 spiro atoms. The highest BCUT2D eigenvalue weighted by Gasteiger charge is 2.20. The molecule has 2 N–H and O–H groups in total. The molecule has 1 aliphatic rings. The van der Waals surface area contributed by atoms with Crippen molar-refractivity contribution in [3.63, 3.8) is 0 Å². The summed E-state index contributed by atoms with van der Waals surface area (Å²) in [7, 11) is 1.67. The Bertz CT molecular complexity index is 1360. The summed E-state index contributed by atoms with van der Waals surface area (Å²) in [5.74, 6) is 0.961. The number of rotatable bonds is 8. The molecular formula is C26H33N5O5. The summed E-state index contributed by atoms with van der Waals surface area (Å²) in [6.07, 6.45) is -0.158. The second kappa shape index (κ2) is 10.9. The summed E-state index contributed by atoms with van der Waals surface area (Å²) in [6.45, 7) is 9.23. The van der Waals surface area contributed by atoms with E-state index in [1.165, 1.54) is 11.5 Å². The zero-order chi connectivity index (χ0) is 25.8. The van der Waals surface area contributed by atoms with Gasteiger partial charge in [0.05, 0.1) is 35.5 Å². The molecule has 2 heterocycles. The van der Waals surface area contributed by atoms with Gasteiger partial charge in [0.1, 0.15) is 11.5 Å². The molecule has 0 unspecified atom stereocenters. The third kappa shape index (κ3) is 5.54. The Morgan fingerprint density at radius 3 is 2.44 bits per heavy atom. The minimum Gasteiger partial charge on any atom is -0.495 e. The van der Waals surface area contributed by atoms with E-state index in [2.05, 4.69) is 26.2 Å². The van der Waals surface area contributed by atoms with E-state index in [9.17, 15) is 14.4 Å². The summed E-state index contributed by atoms with van der Waals surface area (Å²) in [5.41, 5.74) is 0.965. The van der Waals surface area contributed by atoms with Crippen molar-refractivity contribution in [1.29, 1.82) is 0 Å². The SMILES string of the molecule is COc1ccccc1N1CCN(CCn2c(=O)[nH]c3cc(NC(C)=O)c(OC(C)C)cc3c2=O)CC1. The molecule has 0 saturated carbocycles. The minimum atomic E-state index is -0.480. The second-order valence-corrected chi connectivity index (χ2v) is 9.13. The van der Waals surface area contributed by atoms with Crippen molar-refractivity contribution in [3.8, 4) is 11.5 Å². The van der Waals surface area contributed by atoms with Gasteiger partial charge in [-0.25, -0.2) is 4.79 Å². The Morgan fingerprint density at radius 1 is 1.06 bits per heavy atom. The lowest BCUT2D eigenvalue weighted by Crippen LogP contribution is -2.48. The van der Waals surface area contributed by atoms with Crippen LogP contribution in [0.4, 0.5) is 11.4 Å². The fourth-order valence-corrected chi connectivity index (χ4v) is 4.47. The Labute approximate surface area is 209 Å². The van der Waals surface area contributed by atoms with Crippen LogP contribution >= 0.6 is 0 Å². The molecule has 0 radical (unpaired) electrons. The molecule has 3 aromatic rings. The standard InChI is InChI=1S/C26H33N5O5/c1-17(2)36-24-15-19-20(16-21(24)27-18(3)32)28-26(34)31(25(19)33)14-11-29-9-12-30(13-10-29)22-7-5-6-8-23(22)35-4/h5-8,15-17H,9-14H2,1-4H3,(H,27,32)(H,28,34). The average Bonchev–Trinajstić information content (AvgIpc) is 2.84. The van der Waals surface area contributed by atoms with Crippen molar-refractivity contribution < 1.29 is 14.3 Å². The van der Waals surface area contributed by atoms with Gasteiger partial charge in [-0.15, -0.1) is 0 Å². The number of aromatic nitrogens is 2. The van der Waals surface area contributed by atoms with E-state index in [1.807, 2.05) is 32.0 Å². The molecule has 1 fully saturated rings. The molecule has 4 rings (SSSR count). The number of carbonyl (C=O) groups is 1. The summed E-state index contributed by atoms with van der Waals surface area (Å²) in [6, 6.07) is 11.1. The predicted molar refractivity (Wildman–Crippen MR) is 141 cm³/mol. The zero-order valence-electron chi connectivity index (χ0n) is 21.2. The third-order valence-corrected chi connectivity index (χ3v) is 6.19. The number of carbonyl (C=O) groups excluding carboxylic acids is 1. The van der Waals surface area contributed by atoms with Crippen LogP contribution in [0.3, 0.4) is 0 Å². The molecule has 1 saturated heterocycles. The number of aromatic amines is 1. The van der Waals surface area contributed by atoms with Crippen molar-refractivity contribution in [3.05, 3.63) is 57.2 Å². The number of hydrogen-bond donors (Lipinski definition) is 2. The first-order valence-corrected chi connectivity index (χ1v) is 12.1. The number of piperazine rings is 1. The number of fused-ring (bicyclic) bond motifs is 1. The van der Waals surface area contributed by atoms with Crippen molar-refractivity contribution in [1.82, 2.24) is 14.5 Å². The Morgan fingerprint density at radius 2 is 1.78 bits per heavy atom. The highest BCUT2D eigenvalue weighted by molar-refractivity contribution is 5.94. The van der Waals surface area contributed by atoms with E-state index in [-0.39, 0.29) is 24.1 Å². The normalized spacial score (nSPS) is 14.3. The molecule has 36 heavy (non-hydrogen) atoms. The van der Waals surface area contributed by atoms with Crippen molar-refractivity contribution in [2.75, 3.05) is 50.1 Å². The van der Waals surface area contributed by atoms with E-state index in [1.54, 1.807) is 19.2 Å². The number of amides is 1. The third-order valence-electron chi connectivity index (χ3n) is 6.19. The van der Waals surface area contributed by atoms with E-state index >= 15 is 0 Å². The largest absolute Gasteiger partial charge is 0.495 e. The van der Waals surface area contributed by atoms with Crippen LogP contribution in [0.15, 0.2) is 46.0 Å². The van der Waals surface area contributed by atoms with Crippen LogP contribution in [0.1, 0.15) is 20.8 Å². The van der Waals surface area contributed by atoms with Crippen molar-refractivity contribution in [2.24, 2.45) is 0 Å². The monoisotopic (exact) mass is 495 g/mol. The van der Waals surface area contributed by atoms with Gasteiger partial charge >= 0.3 is 5.69 Å². The average molecular weight is 496 g/mol. The smallest absolute Gasteiger partial charge is 0.328 e. The second-order valence-electron chi connectivity index (χ2n) is 9.13. The van der Waals surface area contributed by atoms with Crippen LogP contribution in [-0.2, 0) is 11.3 Å². The Hall–Kier alpha value is -3.79. The quantitative estimate of drug-likeness (QED) is 0.493. The van der Waals surface area contributed by atoms with Crippen LogP contribution < -0.4 is 30.9 Å². The van der Waals surface area contributed by atoms with Gasteiger partial charge in [0.2, 0.25) is 5.91 Å². The number of nitrogens with zero attached hydrogens (tertiary/aromatic N) is 3. The highest BCUT2D eigenvalue weighted by Crippen LogP contribution is 2.30. The molecule has 1 amide bonds. The maximum Gasteiger partial charge on any atom is 0.328 e. The lowest BCUT2D eigenvalue weighted by atomic mass is 10.2. The van der Waals surface area contributed by atoms with E-state index in [0.717, 1.165) is 37.6 Å². The number of ether oxygens (including phenoxy) is 2. The zero-order valence-corrected chi connectivity index (χ0v) is 21.2. The highest BCUT2D eigenvalue weighted by atomic mass is 16.5. The molecule has 1 aliphatic heterocycles. The Balaban J connectivity index is 1.51. The topological polar surface area (TPSA) is 109 Å². The van der Waals surface area contributed by atoms with Gasteiger partial charge in [-0.2, -0.15) is 0 Å².